The third-order valence-corrected chi connectivity index (χ3v) is 3.82. The fraction of sp³-hybridized carbons (Fsp3) is 0.538. The summed E-state index contributed by atoms with van der Waals surface area (Å²) < 4.78 is 41.1. The van der Waals surface area contributed by atoms with Crippen molar-refractivity contribution in [3.63, 3.8) is 0 Å². The van der Waals surface area contributed by atoms with E-state index in [-0.39, 0.29) is 29.9 Å². The van der Waals surface area contributed by atoms with Gasteiger partial charge in [0.05, 0.1) is 12.4 Å². The van der Waals surface area contributed by atoms with Crippen LogP contribution in [0.1, 0.15) is 19.4 Å². The van der Waals surface area contributed by atoms with Gasteiger partial charge in [-0.3, -0.25) is 0 Å². The second kappa shape index (κ2) is 6.34. The highest BCUT2D eigenvalue weighted by Gasteiger charge is 2.20. The van der Waals surface area contributed by atoms with Gasteiger partial charge in [0.2, 0.25) is 10.0 Å². The minimum atomic E-state index is -3.56. The van der Waals surface area contributed by atoms with Gasteiger partial charge in [0.25, 0.3) is 0 Å². The van der Waals surface area contributed by atoms with Crippen molar-refractivity contribution in [1.29, 1.82) is 0 Å². The second-order valence-electron chi connectivity index (χ2n) is 5.08. The first kappa shape index (κ1) is 15.9. The van der Waals surface area contributed by atoms with Crippen molar-refractivity contribution in [2.24, 2.45) is 17.0 Å². The van der Waals surface area contributed by atoms with Crippen molar-refractivity contribution in [3.8, 4) is 5.75 Å². The Morgan fingerprint density at radius 2 is 2.00 bits per heavy atom. The van der Waals surface area contributed by atoms with Crippen LogP contribution in [0.5, 0.6) is 5.75 Å². The van der Waals surface area contributed by atoms with E-state index in [4.69, 9.17) is 9.88 Å². The summed E-state index contributed by atoms with van der Waals surface area (Å²) >= 11 is 0. The summed E-state index contributed by atoms with van der Waals surface area (Å²) in [5, 5.41) is 5.04. The maximum Gasteiger partial charge on any atom is 0.209 e. The molecule has 0 saturated carbocycles. The molecule has 0 radical (unpaired) electrons. The zero-order valence-electron chi connectivity index (χ0n) is 11.4. The highest BCUT2D eigenvalue weighted by atomic mass is 32.2. The van der Waals surface area contributed by atoms with Crippen molar-refractivity contribution in [2.45, 2.75) is 20.8 Å². The lowest BCUT2D eigenvalue weighted by Gasteiger charge is -2.20. The van der Waals surface area contributed by atoms with Crippen LogP contribution in [0.2, 0.25) is 0 Å². The highest BCUT2D eigenvalue weighted by molar-refractivity contribution is 7.89. The number of ether oxygens (including phenoxy) is 1. The van der Waals surface area contributed by atoms with Gasteiger partial charge in [-0.25, -0.2) is 17.9 Å². The average Bonchev–Trinajstić information content (AvgIpc) is 2.26. The number of nitrogens with two attached hydrogens (primary N) is 1. The van der Waals surface area contributed by atoms with Gasteiger partial charge in [-0.1, -0.05) is 19.9 Å². The molecule has 0 amide bonds. The fourth-order valence-electron chi connectivity index (χ4n) is 1.65. The highest BCUT2D eigenvalue weighted by Crippen LogP contribution is 2.21. The van der Waals surface area contributed by atoms with Crippen molar-refractivity contribution in [2.75, 3.05) is 12.4 Å². The molecule has 0 bridgehead atoms. The lowest BCUT2D eigenvalue weighted by molar-refractivity contribution is 0.217. The number of aryl methyl sites for hydroxylation is 1. The van der Waals surface area contributed by atoms with E-state index in [1.807, 2.05) is 20.8 Å². The van der Waals surface area contributed by atoms with Crippen LogP contribution < -0.4 is 9.88 Å². The summed E-state index contributed by atoms with van der Waals surface area (Å²) in [7, 11) is -3.56. The van der Waals surface area contributed by atoms with Gasteiger partial charge >= 0.3 is 0 Å². The Bertz CT molecular complexity index is 529. The molecule has 19 heavy (non-hydrogen) atoms. The summed E-state index contributed by atoms with van der Waals surface area (Å²) in [5.41, 5.74) is 0.879. The smallest absolute Gasteiger partial charge is 0.209 e. The molecule has 1 aromatic carbocycles. The molecule has 1 atom stereocenters. The first-order chi connectivity index (χ1) is 8.69. The molecule has 0 aromatic heterocycles. The molecule has 0 aliphatic rings. The van der Waals surface area contributed by atoms with Crippen LogP contribution >= 0.6 is 0 Å². The number of halogens is 1. The van der Waals surface area contributed by atoms with Crippen LogP contribution in [0.15, 0.2) is 18.2 Å². The molecular weight excluding hydrogens is 269 g/mol. The number of benzene rings is 1. The van der Waals surface area contributed by atoms with Crippen molar-refractivity contribution in [1.82, 2.24) is 0 Å². The number of sulfonamides is 1. The first-order valence-electron chi connectivity index (χ1n) is 6.08. The molecule has 4 nitrogen and oxygen atoms in total. The fourth-order valence-corrected chi connectivity index (χ4v) is 2.73. The monoisotopic (exact) mass is 289 g/mol. The molecule has 1 rings (SSSR count). The predicted octanol–water partition coefficient (Wildman–Crippen LogP) is 2.07. The van der Waals surface area contributed by atoms with Crippen LogP contribution in [0.25, 0.3) is 0 Å². The molecule has 0 aliphatic heterocycles. The van der Waals surface area contributed by atoms with Crippen LogP contribution in [0, 0.1) is 24.6 Å². The van der Waals surface area contributed by atoms with Gasteiger partial charge < -0.3 is 4.74 Å². The van der Waals surface area contributed by atoms with E-state index in [0.29, 0.717) is 0 Å². The Balaban J connectivity index is 2.74. The van der Waals surface area contributed by atoms with Crippen LogP contribution in [0.4, 0.5) is 4.39 Å². The molecule has 6 heteroatoms. The topological polar surface area (TPSA) is 69.4 Å². The first-order valence-corrected chi connectivity index (χ1v) is 7.80. The molecule has 1 aromatic rings. The van der Waals surface area contributed by atoms with Crippen molar-refractivity contribution in [3.05, 3.63) is 29.6 Å². The minimum Gasteiger partial charge on any atom is -0.490 e. The summed E-state index contributed by atoms with van der Waals surface area (Å²) in [6.07, 6.45) is 0. The minimum absolute atomic E-state index is 0.0752. The van der Waals surface area contributed by atoms with Gasteiger partial charge in [0.1, 0.15) is 0 Å². The van der Waals surface area contributed by atoms with Gasteiger partial charge in [0.15, 0.2) is 11.6 Å². The molecule has 0 spiro atoms. The zero-order chi connectivity index (χ0) is 14.6. The normalized spacial score (nSPS) is 13.6. The van der Waals surface area contributed by atoms with Crippen LogP contribution in [-0.4, -0.2) is 20.8 Å². The molecule has 1 unspecified atom stereocenters. The lowest BCUT2D eigenvalue weighted by Crippen LogP contribution is -2.30. The van der Waals surface area contributed by atoms with Gasteiger partial charge in [-0.05, 0) is 30.5 Å². The van der Waals surface area contributed by atoms with Crippen molar-refractivity contribution < 1.29 is 17.5 Å². The molecule has 2 N–H and O–H groups in total. The number of hydrogen-bond acceptors (Lipinski definition) is 3. The van der Waals surface area contributed by atoms with E-state index >= 15 is 0 Å². The number of rotatable bonds is 6. The van der Waals surface area contributed by atoms with E-state index in [0.717, 1.165) is 5.56 Å². The van der Waals surface area contributed by atoms with E-state index in [1.165, 1.54) is 6.07 Å². The molecule has 0 heterocycles. The largest absolute Gasteiger partial charge is 0.490 e. The maximum absolute atomic E-state index is 13.5. The SMILES string of the molecule is Cc1ccc(F)c(OCC(CS(N)(=O)=O)C(C)C)c1. The maximum atomic E-state index is 13.5. The summed E-state index contributed by atoms with van der Waals surface area (Å²) in [6.45, 7) is 5.71. The third kappa shape index (κ3) is 5.57. The summed E-state index contributed by atoms with van der Waals surface area (Å²) in [6, 6.07) is 4.56. The zero-order valence-corrected chi connectivity index (χ0v) is 12.2. The molecule has 0 fully saturated rings. The van der Waals surface area contributed by atoms with Gasteiger partial charge in [-0.2, -0.15) is 0 Å². The molecular formula is C13H20FNO3S. The molecule has 0 saturated heterocycles. The Morgan fingerprint density at radius 1 is 1.37 bits per heavy atom. The average molecular weight is 289 g/mol. The summed E-state index contributed by atoms with van der Waals surface area (Å²) in [4.78, 5) is 0. The van der Waals surface area contributed by atoms with E-state index in [2.05, 4.69) is 0 Å². The van der Waals surface area contributed by atoms with Crippen LogP contribution in [0.3, 0.4) is 0 Å². The Kier molecular flexibility index (Phi) is 5.31. The molecule has 108 valence electrons. The molecule has 0 aliphatic carbocycles. The van der Waals surface area contributed by atoms with Gasteiger partial charge in [-0.15, -0.1) is 0 Å². The van der Waals surface area contributed by atoms with E-state index in [1.54, 1.807) is 12.1 Å². The standard InChI is InChI=1S/C13H20FNO3S/c1-9(2)11(8-19(15,16)17)7-18-13-6-10(3)4-5-12(13)14/h4-6,9,11H,7-8H2,1-3H3,(H2,15,16,17). The van der Waals surface area contributed by atoms with Crippen LogP contribution in [-0.2, 0) is 10.0 Å². The predicted molar refractivity (Wildman–Crippen MR) is 72.9 cm³/mol. The summed E-state index contributed by atoms with van der Waals surface area (Å²) in [5.74, 6) is -0.678. The second-order valence-corrected chi connectivity index (χ2v) is 6.74. The van der Waals surface area contributed by atoms with E-state index < -0.39 is 15.8 Å². The Hall–Kier alpha value is -1.14. The Morgan fingerprint density at radius 3 is 2.53 bits per heavy atom. The Labute approximate surface area is 113 Å². The van der Waals surface area contributed by atoms with Gasteiger partial charge in [0, 0.05) is 5.92 Å². The van der Waals surface area contributed by atoms with Crippen molar-refractivity contribution >= 4 is 10.0 Å². The number of primary sulfonamides is 1. The van der Waals surface area contributed by atoms with E-state index in [9.17, 15) is 12.8 Å². The lowest BCUT2D eigenvalue weighted by atomic mass is 9.99. The third-order valence-electron chi connectivity index (χ3n) is 2.93. The number of hydrogen-bond donors (Lipinski definition) is 1. The quantitative estimate of drug-likeness (QED) is 0.871.